The Labute approximate surface area is 152 Å². The summed E-state index contributed by atoms with van der Waals surface area (Å²) >= 11 is 0. The van der Waals surface area contributed by atoms with Crippen molar-refractivity contribution in [2.75, 3.05) is 32.9 Å². The fraction of sp³-hybridized carbons (Fsp3) is 0.611. The van der Waals surface area contributed by atoms with Crippen LogP contribution in [0.1, 0.15) is 29.8 Å². The molecule has 8 nitrogen and oxygen atoms in total. The lowest BCUT2D eigenvalue weighted by Crippen LogP contribution is -2.52. The molecular formula is C18H25N3O5. The number of rotatable bonds is 5. The van der Waals surface area contributed by atoms with Gasteiger partial charge in [-0.15, -0.1) is 0 Å². The van der Waals surface area contributed by atoms with Gasteiger partial charge in [0.2, 0.25) is 5.91 Å². The molecule has 2 N–H and O–H groups in total. The van der Waals surface area contributed by atoms with Gasteiger partial charge < -0.3 is 24.8 Å². The first kappa shape index (κ1) is 18.8. The molecule has 0 radical (unpaired) electrons. The first-order valence-corrected chi connectivity index (χ1v) is 9.01. The van der Waals surface area contributed by atoms with Crippen molar-refractivity contribution < 1.29 is 24.2 Å². The number of aliphatic hydroxyl groups excluding tert-OH is 1. The van der Waals surface area contributed by atoms with E-state index in [1.807, 2.05) is 0 Å². The quantitative estimate of drug-likeness (QED) is 0.762. The molecule has 2 saturated heterocycles. The van der Waals surface area contributed by atoms with Crippen LogP contribution in [0.25, 0.3) is 0 Å². The monoisotopic (exact) mass is 363 g/mol. The third kappa shape index (κ3) is 4.78. The SMILES string of the molecule is O=C(N[C@H]1CC[C@@H](CC(=O)N2CCOCC2)O[C@H]1CO)c1ccccn1. The van der Waals surface area contributed by atoms with E-state index < -0.39 is 6.10 Å². The van der Waals surface area contributed by atoms with Crippen LogP contribution in [0.2, 0.25) is 0 Å². The maximum Gasteiger partial charge on any atom is 0.270 e. The predicted octanol–water partition coefficient (Wildman–Crippen LogP) is -0.0312. The van der Waals surface area contributed by atoms with Gasteiger partial charge in [-0.25, -0.2) is 0 Å². The number of aromatic nitrogens is 1. The molecule has 0 aliphatic carbocycles. The van der Waals surface area contributed by atoms with Crippen molar-refractivity contribution in [2.45, 2.75) is 37.5 Å². The standard InChI is InChI=1S/C18H25N3O5/c22-12-16-14(20-18(24)15-3-1-2-6-19-15)5-4-13(26-16)11-17(23)21-7-9-25-10-8-21/h1-3,6,13-14,16,22H,4-5,7-12H2,(H,20,24)/t13-,14-,16-/m0/s1. The summed E-state index contributed by atoms with van der Waals surface area (Å²) in [6.07, 6.45) is 2.37. The van der Waals surface area contributed by atoms with Crippen LogP contribution in [-0.2, 0) is 14.3 Å². The molecule has 26 heavy (non-hydrogen) atoms. The molecule has 2 aliphatic heterocycles. The molecule has 0 spiro atoms. The highest BCUT2D eigenvalue weighted by Gasteiger charge is 2.34. The predicted molar refractivity (Wildman–Crippen MR) is 92.5 cm³/mol. The van der Waals surface area contributed by atoms with Gasteiger partial charge in [0.25, 0.3) is 5.91 Å². The van der Waals surface area contributed by atoms with E-state index in [1.165, 1.54) is 0 Å². The minimum absolute atomic E-state index is 0.0472. The van der Waals surface area contributed by atoms with Gasteiger partial charge >= 0.3 is 0 Å². The van der Waals surface area contributed by atoms with E-state index >= 15 is 0 Å². The van der Waals surface area contributed by atoms with Gasteiger partial charge in [0.15, 0.2) is 0 Å². The van der Waals surface area contributed by atoms with Crippen molar-refractivity contribution in [1.29, 1.82) is 0 Å². The van der Waals surface area contributed by atoms with Crippen LogP contribution in [0.4, 0.5) is 0 Å². The van der Waals surface area contributed by atoms with E-state index in [0.717, 1.165) is 0 Å². The fourth-order valence-electron chi connectivity index (χ4n) is 3.32. The first-order chi connectivity index (χ1) is 12.7. The van der Waals surface area contributed by atoms with Crippen LogP contribution >= 0.6 is 0 Å². The van der Waals surface area contributed by atoms with E-state index in [2.05, 4.69) is 10.3 Å². The number of amides is 2. The van der Waals surface area contributed by atoms with E-state index in [-0.39, 0.29) is 37.0 Å². The molecular weight excluding hydrogens is 338 g/mol. The number of nitrogens with one attached hydrogen (secondary N) is 1. The molecule has 0 aromatic carbocycles. The molecule has 0 unspecified atom stereocenters. The summed E-state index contributed by atoms with van der Waals surface area (Å²) in [5.41, 5.74) is 0.328. The van der Waals surface area contributed by atoms with Gasteiger partial charge in [-0.2, -0.15) is 0 Å². The Kier molecular flexibility index (Phi) is 6.54. The molecule has 2 amide bonds. The molecule has 0 saturated carbocycles. The van der Waals surface area contributed by atoms with Crippen LogP contribution in [0.15, 0.2) is 24.4 Å². The molecule has 2 aliphatic rings. The molecule has 1 aromatic heterocycles. The molecule has 142 valence electrons. The third-order valence-corrected chi connectivity index (χ3v) is 4.78. The van der Waals surface area contributed by atoms with Crippen molar-refractivity contribution in [2.24, 2.45) is 0 Å². The van der Waals surface area contributed by atoms with Crippen LogP contribution < -0.4 is 5.32 Å². The smallest absolute Gasteiger partial charge is 0.270 e. The van der Waals surface area contributed by atoms with Crippen molar-refractivity contribution in [3.8, 4) is 0 Å². The minimum atomic E-state index is -0.529. The summed E-state index contributed by atoms with van der Waals surface area (Å²) < 4.78 is 11.1. The molecule has 0 bridgehead atoms. The van der Waals surface area contributed by atoms with Crippen LogP contribution in [0.5, 0.6) is 0 Å². The number of hydrogen-bond acceptors (Lipinski definition) is 6. The van der Waals surface area contributed by atoms with Gasteiger partial charge in [0.05, 0.1) is 38.4 Å². The van der Waals surface area contributed by atoms with Gasteiger partial charge in [0, 0.05) is 19.3 Å². The Balaban J connectivity index is 1.51. The number of ether oxygens (including phenoxy) is 2. The summed E-state index contributed by atoms with van der Waals surface area (Å²) in [5.74, 6) is -0.244. The van der Waals surface area contributed by atoms with E-state index in [0.29, 0.717) is 44.8 Å². The Morgan fingerprint density at radius 2 is 2.08 bits per heavy atom. The van der Waals surface area contributed by atoms with Gasteiger partial charge in [-0.05, 0) is 25.0 Å². The molecule has 2 fully saturated rings. The zero-order chi connectivity index (χ0) is 18.4. The second-order valence-corrected chi connectivity index (χ2v) is 6.55. The molecule has 3 rings (SSSR count). The molecule has 3 heterocycles. The maximum atomic E-state index is 12.4. The Hall–Kier alpha value is -2.03. The Morgan fingerprint density at radius 3 is 2.77 bits per heavy atom. The zero-order valence-corrected chi connectivity index (χ0v) is 14.7. The highest BCUT2D eigenvalue weighted by Crippen LogP contribution is 2.23. The number of morpholine rings is 1. The Morgan fingerprint density at radius 1 is 1.27 bits per heavy atom. The van der Waals surface area contributed by atoms with Crippen molar-refractivity contribution in [3.05, 3.63) is 30.1 Å². The summed E-state index contributed by atoms with van der Waals surface area (Å²) in [6, 6.07) is 4.82. The highest BCUT2D eigenvalue weighted by molar-refractivity contribution is 5.92. The van der Waals surface area contributed by atoms with Crippen LogP contribution in [0.3, 0.4) is 0 Å². The number of aliphatic hydroxyl groups is 1. The molecule has 8 heteroatoms. The number of nitrogens with zero attached hydrogens (tertiary/aromatic N) is 2. The maximum absolute atomic E-state index is 12.4. The van der Waals surface area contributed by atoms with E-state index in [9.17, 15) is 14.7 Å². The first-order valence-electron chi connectivity index (χ1n) is 9.01. The second kappa shape index (κ2) is 9.07. The van der Waals surface area contributed by atoms with Crippen molar-refractivity contribution in [1.82, 2.24) is 15.2 Å². The second-order valence-electron chi connectivity index (χ2n) is 6.55. The number of pyridine rings is 1. The minimum Gasteiger partial charge on any atom is -0.394 e. The summed E-state index contributed by atoms with van der Waals surface area (Å²) in [7, 11) is 0. The fourth-order valence-corrected chi connectivity index (χ4v) is 3.32. The summed E-state index contributed by atoms with van der Waals surface area (Å²) in [5, 5.41) is 12.5. The number of hydrogen-bond donors (Lipinski definition) is 2. The van der Waals surface area contributed by atoms with Gasteiger partial charge in [-0.3, -0.25) is 14.6 Å². The normalized spacial score (nSPS) is 26.3. The molecule has 1 aromatic rings. The lowest BCUT2D eigenvalue weighted by atomic mass is 9.96. The van der Waals surface area contributed by atoms with Gasteiger partial charge in [-0.1, -0.05) is 6.07 Å². The molecule has 3 atom stereocenters. The average Bonchev–Trinajstić information content (AvgIpc) is 2.70. The third-order valence-electron chi connectivity index (χ3n) is 4.78. The average molecular weight is 363 g/mol. The highest BCUT2D eigenvalue weighted by atomic mass is 16.5. The zero-order valence-electron chi connectivity index (χ0n) is 14.7. The Bertz CT molecular complexity index is 606. The van der Waals surface area contributed by atoms with Crippen LogP contribution in [0, 0.1) is 0 Å². The van der Waals surface area contributed by atoms with Crippen LogP contribution in [-0.4, -0.2) is 78.0 Å². The van der Waals surface area contributed by atoms with E-state index in [1.54, 1.807) is 29.3 Å². The van der Waals surface area contributed by atoms with Gasteiger partial charge in [0.1, 0.15) is 11.8 Å². The van der Waals surface area contributed by atoms with Crippen molar-refractivity contribution >= 4 is 11.8 Å². The summed E-state index contributed by atoms with van der Waals surface area (Å²) in [6.45, 7) is 2.14. The lowest BCUT2D eigenvalue weighted by molar-refractivity contribution is -0.143. The topological polar surface area (TPSA) is 101 Å². The largest absolute Gasteiger partial charge is 0.394 e. The number of carbonyl (C=O) groups excluding carboxylic acids is 2. The summed E-state index contributed by atoms with van der Waals surface area (Å²) in [4.78, 5) is 30.4. The number of carbonyl (C=O) groups is 2. The lowest BCUT2D eigenvalue weighted by Gasteiger charge is -2.37. The van der Waals surface area contributed by atoms with E-state index in [4.69, 9.17) is 9.47 Å². The van der Waals surface area contributed by atoms with Crippen molar-refractivity contribution in [3.63, 3.8) is 0 Å².